The fourth-order valence-corrected chi connectivity index (χ4v) is 3.53. The molecule has 100 valence electrons. The van der Waals surface area contributed by atoms with Crippen LogP contribution >= 0.6 is 0 Å². The summed E-state index contributed by atoms with van der Waals surface area (Å²) in [5.74, 6) is 0. The van der Waals surface area contributed by atoms with Crippen LogP contribution in [0.1, 0.15) is 29.7 Å². The third-order valence-corrected chi connectivity index (χ3v) is 4.46. The van der Waals surface area contributed by atoms with Gasteiger partial charge in [0.1, 0.15) is 0 Å². The molecule has 0 spiro atoms. The number of rotatable bonds is 2. The van der Waals surface area contributed by atoms with Gasteiger partial charge in [-0.1, -0.05) is 48.5 Å². The Hall–Kier alpha value is -2.02. The number of benzene rings is 2. The van der Waals surface area contributed by atoms with E-state index in [-0.39, 0.29) is 0 Å². The first-order chi connectivity index (χ1) is 9.93. The maximum atomic E-state index is 2.55. The molecule has 1 aliphatic rings. The van der Waals surface area contributed by atoms with Crippen LogP contribution in [-0.4, -0.2) is 4.57 Å². The van der Waals surface area contributed by atoms with E-state index in [0.29, 0.717) is 0 Å². The molecule has 2 heterocycles. The Bertz CT molecular complexity index is 737. The summed E-state index contributed by atoms with van der Waals surface area (Å²) in [6, 6.07) is 19.7. The summed E-state index contributed by atoms with van der Waals surface area (Å²) < 4.78 is 2.55. The molecule has 1 heteroatoms. The lowest BCUT2D eigenvalue weighted by molar-refractivity contribution is 0.541. The van der Waals surface area contributed by atoms with Gasteiger partial charge in [0.2, 0.25) is 0 Å². The van der Waals surface area contributed by atoms with Crippen molar-refractivity contribution in [3.63, 3.8) is 0 Å². The van der Waals surface area contributed by atoms with E-state index in [0.717, 1.165) is 6.42 Å². The number of para-hydroxylation sites is 1. The molecular weight excluding hydrogens is 242 g/mol. The lowest BCUT2D eigenvalue weighted by atomic mass is 9.99. The average molecular weight is 261 g/mol. The average Bonchev–Trinajstić information content (AvgIpc) is 2.84. The van der Waals surface area contributed by atoms with Gasteiger partial charge in [-0.2, -0.15) is 0 Å². The lowest BCUT2D eigenvalue weighted by Crippen LogP contribution is -2.10. The molecular formula is C19H19N. The molecule has 20 heavy (non-hydrogen) atoms. The Kier molecular flexibility index (Phi) is 2.84. The van der Waals surface area contributed by atoms with Crippen LogP contribution in [0, 0.1) is 0 Å². The Morgan fingerprint density at radius 3 is 2.55 bits per heavy atom. The number of hydrogen-bond acceptors (Lipinski definition) is 0. The molecule has 3 aromatic rings. The van der Waals surface area contributed by atoms with Gasteiger partial charge >= 0.3 is 0 Å². The molecule has 1 aromatic heterocycles. The van der Waals surface area contributed by atoms with Crippen LogP contribution in [0.25, 0.3) is 10.9 Å². The first kappa shape index (κ1) is 11.8. The van der Waals surface area contributed by atoms with Crippen LogP contribution < -0.4 is 0 Å². The Balaban J connectivity index is 1.89. The fraction of sp³-hybridized carbons (Fsp3) is 0.263. The predicted octanol–water partition coefficient (Wildman–Crippen LogP) is 4.57. The molecule has 0 N–H and O–H groups in total. The third-order valence-electron chi connectivity index (χ3n) is 4.46. The van der Waals surface area contributed by atoms with E-state index >= 15 is 0 Å². The molecule has 2 aromatic carbocycles. The SMILES string of the molecule is c1ccc(Cc2c3n(c4ccccc24)CCCC3)cc1. The third kappa shape index (κ3) is 1.85. The van der Waals surface area contributed by atoms with Crippen molar-refractivity contribution in [2.24, 2.45) is 0 Å². The normalized spacial score (nSPS) is 14.4. The van der Waals surface area contributed by atoms with E-state index in [1.54, 1.807) is 11.3 Å². The molecule has 1 aliphatic heterocycles. The van der Waals surface area contributed by atoms with Crippen molar-refractivity contribution < 1.29 is 0 Å². The molecule has 0 radical (unpaired) electrons. The lowest BCUT2D eigenvalue weighted by Gasteiger charge is -2.17. The van der Waals surface area contributed by atoms with Crippen LogP contribution in [-0.2, 0) is 19.4 Å². The standard InChI is InChI=1S/C19H19N/c1-2-8-15(9-3-1)14-17-16-10-4-5-11-18(16)20-13-7-6-12-19(17)20/h1-5,8-11H,6-7,12-14H2. The van der Waals surface area contributed by atoms with Gasteiger partial charge in [-0.15, -0.1) is 0 Å². The predicted molar refractivity (Wildman–Crippen MR) is 84.1 cm³/mol. The van der Waals surface area contributed by atoms with Gasteiger partial charge in [-0.05, 0) is 42.9 Å². The van der Waals surface area contributed by atoms with Crippen LogP contribution in [0.4, 0.5) is 0 Å². The maximum absolute atomic E-state index is 2.55. The minimum absolute atomic E-state index is 1.06. The smallest absolute Gasteiger partial charge is 0.0485 e. The Morgan fingerprint density at radius 2 is 1.65 bits per heavy atom. The van der Waals surface area contributed by atoms with Gasteiger partial charge in [0.05, 0.1) is 0 Å². The second-order valence-corrected chi connectivity index (χ2v) is 5.71. The summed E-state index contributed by atoms with van der Waals surface area (Å²) >= 11 is 0. The quantitative estimate of drug-likeness (QED) is 0.637. The molecule has 0 amide bonds. The molecule has 0 atom stereocenters. The first-order valence-electron chi connectivity index (χ1n) is 7.56. The summed E-state index contributed by atoms with van der Waals surface area (Å²) in [5, 5.41) is 1.45. The molecule has 0 aliphatic carbocycles. The number of aryl methyl sites for hydroxylation is 1. The maximum Gasteiger partial charge on any atom is 0.0485 e. The largest absolute Gasteiger partial charge is 0.344 e. The van der Waals surface area contributed by atoms with Crippen molar-refractivity contribution in [1.82, 2.24) is 4.57 Å². The highest BCUT2D eigenvalue weighted by Gasteiger charge is 2.19. The number of hydrogen-bond donors (Lipinski definition) is 0. The molecule has 0 unspecified atom stereocenters. The Labute approximate surface area is 119 Å². The van der Waals surface area contributed by atoms with Gasteiger partial charge in [0.15, 0.2) is 0 Å². The van der Waals surface area contributed by atoms with Crippen molar-refractivity contribution in [2.45, 2.75) is 32.2 Å². The van der Waals surface area contributed by atoms with E-state index < -0.39 is 0 Å². The van der Waals surface area contributed by atoms with Crippen molar-refractivity contribution >= 4 is 10.9 Å². The first-order valence-corrected chi connectivity index (χ1v) is 7.56. The van der Waals surface area contributed by atoms with Gasteiger partial charge in [-0.3, -0.25) is 0 Å². The van der Waals surface area contributed by atoms with Crippen molar-refractivity contribution in [2.75, 3.05) is 0 Å². The molecule has 1 nitrogen and oxygen atoms in total. The second-order valence-electron chi connectivity index (χ2n) is 5.71. The fourth-order valence-electron chi connectivity index (χ4n) is 3.53. The van der Waals surface area contributed by atoms with Gasteiger partial charge in [0, 0.05) is 23.1 Å². The van der Waals surface area contributed by atoms with E-state index in [1.165, 1.54) is 42.3 Å². The van der Waals surface area contributed by atoms with Gasteiger partial charge in [-0.25, -0.2) is 0 Å². The van der Waals surface area contributed by atoms with E-state index in [4.69, 9.17) is 0 Å². The number of aromatic nitrogens is 1. The van der Waals surface area contributed by atoms with Gasteiger partial charge in [0.25, 0.3) is 0 Å². The molecule has 4 rings (SSSR count). The number of nitrogens with zero attached hydrogens (tertiary/aromatic N) is 1. The summed E-state index contributed by atoms with van der Waals surface area (Å²) in [4.78, 5) is 0. The minimum atomic E-state index is 1.06. The summed E-state index contributed by atoms with van der Waals surface area (Å²) in [5.41, 5.74) is 5.96. The van der Waals surface area contributed by atoms with E-state index in [2.05, 4.69) is 59.2 Å². The van der Waals surface area contributed by atoms with Crippen molar-refractivity contribution in [3.8, 4) is 0 Å². The molecule has 0 saturated heterocycles. The highest BCUT2D eigenvalue weighted by Crippen LogP contribution is 2.32. The summed E-state index contributed by atoms with van der Waals surface area (Å²) in [7, 11) is 0. The van der Waals surface area contributed by atoms with Crippen LogP contribution in [0.15, 0.2) is 54.6 Å². The van der Waals surface area contributed by atoms with Crippen molar-refractivity contribution in [1.29, 1.82) is 0 Å². The minimum Gasteiger partial charge on any atom is -0.344 e. The topological polar surface area (TPSA) is 4.93 Å². The Morgan fingerprint density at radius 1 is 0.850 bits per heavy atom. The summed E-state index contributed by atoms with van der Waals surface area (Å²) in [6.07, 6.45) is 4.94. The zero-order chi connectivity index (χ0) is 13.4. The van der Waals surface area contributed by atoms with Crippen LogP contribution in [0.2, 0.25) is 0 Å². The van der Waals surface area contributed by atoms with Crippen LogP contribution in [0.5, 0.6) is 0 Å². The molecule has 0 saturated carbocycles. The van der Waals surface area contributed by atoms with Crippen LogP contribution in [0.3, 0.4) is 0 Å². The zero-order valence-electron chi connectivity index (χ0n) is 11.7. The highest BCUT2D eigenvalue weighted by molar-refractivity contribution is 5.86. The second kappa shape index (κ2) is 4.82. The molecule has 0 bridgehead atoms. The van der Waals surface area contributed by atoms with Crippen molar-refractivity contribution in [3.05, 3.63) is 71.4 Å². The monoisotopic (exact) mass is 261 g/mol. The zero-order valence-corrected chi connectivity index (χ0v) is 11.7. The van der Waals surface area contributed by atoms with Gasteiger partial charge < -0.3 is 4.57 Å². The van der Waals surface area contributed by atoms with E-state index in [9.17, 15) is 0 Å². The highest BCUT2D eigenvalue weighted by atomic mass is 15.0. The summed E-state index contributed by atoms with van der Waals surface area (Å²) in [6.45, 7) is 1.19. The number of fused-ring (bicyclic) bond motifs is 3. The van der Waals surface area contributed by atoms with E-state index in [1.807, 2.05) is 0 Å². The molecule has 0 fully saturated rings.